The highest BCUT2D eigenvalue weighted by molar-refractivity contribution is 9.10. The number of hydrogen-bond donors (Lipinski definition) is 4. The van der Waals surface area contributed by atoms with Crippen molar-refractivity contribution in [3.8, 4) is 23.3 Å². The van der Waals surface area contributed by atoms with E-state index < -0.39 is 7.12 Å². The summed E-state index contributed by atoms with van der Waals surface area (Å²) in [4.78, 5) is 62.4. The van der Waals surface area contributed by atoms with Crippen molar-refractivity contribution in [3.05, 3.63) is 172 Å². The third kappa shape index (κ3) is 11.7. The molecule has 6 heterocycles. The average Bonchev–Trinajstić information content (AvgIpc) is 4.31. The van der Waals surface area contributed by atoms with Crippen molar-refractivity contribution < 1.29 is 29.2 Å². The maximum atomic E-state index is 13.8. The number of benzene rings is 2. The minimum Gasteiger partial charge on any atom is -0.423 e. The maximum absolute atomic E-state index is 13.8. The number of nitriles is 2. The van der Waals surface area contributed by atoms with Crippen LogP contribution in [0.25, 0.3) is 22.2 Å². The molecular weight excluding hydrogens is 1000 g/mol. The SMILES string of the molecule is CNC(=O)c1ccc(-c2cnn3ccc(C(=O)N(c4ccc(C#N)cn4)C4CCCC4)cc23)cc1.CNC(=O)c1ccc(B(O)O)cc1.N#Cc1ccc(N(C(=O)c2ccn3ncc(Br)c3c2)C2CCCC2)nc1. The van der Waals surface area contributed by atoms with E-state index in [9.17, 15) is 19.2 Å². The number of aromatic nitrogens is 6. The molecule has 74 heavy (non-hydrogen) atoms. The lowest BCUT2D eigenvalue weighted by atomic mass is 9.80. The number of carbonyl (C=O) groups excluding carboxylic acids is 4. The van der Waals surface area contributed by atoms with Crippen molar-refractivity contribution in [1.29, 1.82) is 10.5 Å². The second-order valence-electron chi connectivity index (χ2n) is 17.5. The van der Waals surface area contributed by atoms with Crippen molar-refractivity contribution in [2.45, 2.75) is 63.5 Å². The first kappa shape index (κ1) is 51.8. The molecule has 2 fully saturated rings. The summed E-state index contributed by atoms with van der Waals surface area (Å²) in [5.74, 6) is 0.600. The van der Waals surface area contributed by atoms with Crippen LogP contribution in [0.15, 0.2) is 139 Å². The second kappa shape index (κ2) is 23.8. The van der Waals surface area contributed by atoms with Crippen LogP contribution in [0, 0.1) is 22.7 Å². The number of anilines is 2. The minimum absolute atomic E-state index is 0.0702. The first-order chi connectivity index (χ1) is 35.9. The summed E-state index contributed by atoms with van der Waals surface area (Å²) < 4.78 is 4.30. The topological polar surface area (TPSA) is 247 Å². The summed E-state index contributed by atoms with van der Waals surface area (Å²) in [5, 5.41) is 49.4. The smallest absolute Gasteiger partial charge is 0.423 e. The van der Waals surface area contributed by atoms with Crippen LogP contribution in [0.4, 0.5) is 11.6 Å². The first-order valence-electron chi connectivity index (χ1n) is 23.9. The number of fused-ring (bicyclic) bond motifs is 2. The Morgan fingerprint density at radius 3 is 1.49 bits per heavy atom. The number of nitrogens with one attached hydrogen (secondary N) is 2. The zero-order valence-electron chi connectivity index (χ0n) is 40.5. The third-order valence-electron chi connectivity index (χ3n) is 12.9. The largest absolute Gasteiger partial charge is 0.488 e. The van der Waals surface area contributed by atoms with Gasteiger partial charge in [-0.1, -0.05) is 49.9 Å². The van der Waals surface area contributed by atoms with Gasteiger partial charge in [-0.15, -0.1) is 0 Å². The summed E-state index contributed by atoms with van der Waals surface area (Å²) in [5.41, 5.74) is 6.92. The Morgan fingerprint density at radius 1 is 0.608 bits per heavy atom. The molecule has 0 saturated heterocycles. The van der Waals surface area contributed by atoms with Crippen LogP contribution in [0.1, 0.15) is 104 Å². The molecule has 0 aliphatic heterocycles. The molecule has 2 aromatic carbocycles. The fourth-order valence-corrected chi connectivity index (χ4v) is 9.41. The van der Waals surface area contributed by atoms with Gasteiger partial charge < -0.3 is 20.7 Å². The molecular formula is C54H50BBrN12O6. The molecule has 18 nitrogen and oxygen atoms in total. The summed E-state index contributed by atoms with van der Waals surface area (Å²) in [6, 6.07) is 31.8. The highest BCUT2D eigenvalue weighted by Gasteiger charge is 2.32. The predicted octanol–water partition coefficient (Wildman–Crippen LogP) is 6.90. The zero-order chi connectivity index (χ0) is 52.3. The van der Waals surface area contributed by atoms with E-state index in [-0.39, 0.29) is 35.7 Å². The predicted molar refractivity (Wildman–Crippen MR) is 283 cm³/mol. The summed E-state index contributed by atoms with van der Waals surface area (Å²) in [6.45, 7) is 0. The molecule has 2 aliphatic carbocycles. The van der Waals surface area contributed by atoms with Gasteiger partial charge in [0.15, 0.2) is 0 Å². The van der Waals surface area contributed by atoms with Gasteiger partial charge in [-0.2, -0.15) is 20.7 Å². The second-order valence-corrected chi connectivity index (χ2v) is 18.4. The number of amides is 4. The highest BCUT2D eigenvalue weighted by atomic mass is 79.9. The van der Waals surface area contributed by atoms with Gasteiger partial charge in [-0.25, -0.2) is 19.0 Å². The molecule has 8 aromatic rings. The molecule has 0 unspecified atom stereocenters. The number of hydrogen-bond acceptors (Lipinski definition) is 12. The van der Waals surface area contributed by atoms with Crippen LogP contribution in [-0.2, 0) is 0 Å². The number of rotatable bonds is 10. The molecule has 4 N–H and O–H groups in total. The Morgan fingerprint density at radius 2 is 1.05 bits per heavy atom. The lowest BCUT2D eigenvalue weighted by molar-refractivity contribution is 0.0955. The Kier molecular flexibility index (Phi) is 16.6. The quantitative estimate of drug-likeness (QED) is 0.102. The number of carbonyl (C=O) groups is 4. The van der Waals surface area contributed by atoms with Gasteiger partial charge >= 0.3 is 7.12 Å². The summed E-state index contributed by atoms with van der Waals surface area (Å²) in [6.07, 6.45) is 18.2. The van der Waals surface area contributed by atoms with E-state index in [0.29, 0.717) is 50.5 Å². The van der Waals surface area contributed by atoms with E-state index in [1.54, 1.807) is 99.2 Å². The van der Waals surface area contributed by atoms with Gasteiger partial charge in [0.1, 0.15) is 23.8 Å². The standard InChI is InChI=1S/C27H24N6O2.C19H16BrN5O.C8H10BNO3/c1-29-26(34)20-9-7-19(8-10-20)23-17-31-32-13-12-21(14-24(23)32)27(35)33(22-4-2-3-5-22)25-11-6-18(15-28)16-30-25;20-16-12-23-24-8-7-14(9-17(16)24)19(26)25(15-3-1-2-4-15)18-6-5-13(10-21)11-22-18;1-10-8(11)6-2-4-7(5-3-6)9(12)13/h6-14,16-17,22H,2-5H2,1H3,(H,29,34);5-9,11-12,15H,1-4H2;2-5,12-13H,1H3,(H,10,11). The van der Waals surface area contributed by atoms with E-state index in [1.807, 2.05) is 24.3 Å². The number of pyridine rings is 4. The van der Waals surface area contributed by atoms with E-state index in [4.69, 9.17) is 20.6 Å². The summed E-state index contributed by atoms with van der Waals surface area (Å²) in [7, 11) is 1.65. The average molecular weight is 1050 g/mol. The molecule has 6 aromatic heterocycles. The zero-order valence-corrected chi connectivity index (χ0v) is 42.1. The maximum Gasteiger partial charge on any atom is 0.488 e. The lowest BCUT2D eigenvalue weighted by Crippen LogP contribution is -2.39. The van der Waals surface area contributed by atoms with Crippen molar-refractivity contribution in [2.24, 2.45) is 0 Å². The molecule has 10 rings (SSSR count). The minimum atomic E-state index is -1.49. The van der Waals surface area contributed by atoms with Crippen LogP contribution in [-0.4, -0.2) is 96.2 Å². The Balaban J connectivity index is 0.000000164. The van der Waals surface area contributed by atoms with Crippen LogP contribution >= 0.6 is 15.9 Å². The van der Waals surface area contributed by atoms with E-state index in [0.717, 1.165) is 78.0 Å². The van der Waals surface area contributed by atoms with Crippen molar-refractivity contribution in [3.63, 3.8) is 0 Å². The van der Waals surface area contributed by atoms with E-state index in [2.05, 4.69) is 58.9 Å². The van der Waals surface area contributed by atoms with Gasteiger partial charge in [0.25, 0.3) is 23.6 Å². The number of halogens is 1. The van der Waals surface area contributed by atoms with Crippen LogP contribution in [0.3, 0.4) is 0 Å². The van der Waals surface area contributed by atoms with Gasteiger partial charge in [0.2, 0.25) is 0 Å². The Bertz CT molecular complexity index is 3380. The van der Waals surface area contributed by atoms with Crippen molar-refractivity contribution in [1.82, 2.24) is 39.8 Å². The van der Waals surface area contributed by atoms with E-state index in [1.165, 1.54) is 43.7 Å². The number of nitrogens with zero attached hydrogens (tertiary/aromatic N) is 10. The van der Waals surface area contributed by atoms with Crippen LogP contribution in [0.2, 0.25) is 0 Å². The Labute approximate surface area is 435 Å². The fraction of sp³-hybridized carbons (Fsp3) is 0.222. The lowest BCUT2D eigenvalue weighted by Gasteiger charge is -2.28. The molecule has 0 atom stereocenters. The highest BCUT2D eigenvalue weighted by Crippen LogP contribution is 2.32. The first-order valence-corrected chi connectivity index (χ1v) is 24.7. The van der Waals surface area contributed by atoms with Crippen LogP contribution < -0.4 is 25.9 Å². The molecule has 2 saturated carbocycles. The molecule has 20 heteroatoms. The molecule has 0 spiro atoms. The van der Waals surface area contributed by atoms with Gasteiger partial charge in [-0.05, 0) is 125 Å². The molecule has 4 amide bonds. The molecule has 0 radical (unpaired) electrons. The van der Waals surface area contributed by atoms with E-state index >= 15 is 0 Å². The van der Waals surface area contributed by atoms with Crippen molar-refractivity contribution >= 4 is 74.8 Å². The molecule has 372 valence electrons. The summed E-state index contributed by atoms with van der Waals surface area (Å²) >= 11 is 3.46. The molecule has 2 aliphatic rings. The third-order valence-corrected chi connectivity index (χ3v) is 13.5. The monoisotopic (exact) mass is 1050 g/mol. The normalized spacial score (nSPS) is 13.1. The fourth-order valence-electron chi connectivity index (χ4n) is 9.02. The Hall–Kier alpha value is -8.56. The van der Waals surface area contributed by atoms with Crippen molar-refractivity contribution in [2.75, 3.05) is 23.9 Å². The van der Waals surface area contributed by atoms with Gasteiger partial charge in [0, 0.05) is 78.8 Å². The van der Waals surface area contributed by atoms with Crippen LogP contribution in [0.5, 0.6) is 0 Å². The van der Waals surface area contributed by atoms with Gasteiger partial charge in [0.05, 0.1) is 39.0 Å². The van der Waals surface area contributed by atoms with Gasteiger partial charge in [-0.3, -0.25) is 29.0 Å². The molecule has 0 bridgehead atoms.